The fourth-order valence-corrected chi connectivity index (χ4v) is 2.74. The maximum absolute atomic E-state index is 12.0. The summed E-state index contributed by atoms with van der Waals surface area (Å²) < 4.78 is 10.8. The number of aryl methyl sites for hydroxylation is 1. The van der Waals surface area contributed by atoms with Crippen LogP contribution in [0.5, 0.6) is 0 Å². The Morgan fingerprint density at radius 2 is 1.61 bits per heavy atom. The molecule has 1 atom stereocenters. The molecule has 0 aliphatic carbocycles. The van der Waals surface area contributed by atoms with Crippen LogP contribution < -0.4 is 10.6 Å². The Bertz CT molecular complexity index is 856. The van der Waals surface area contributed by atoms with Gasteiger partial charge in [0.15, 0.2) is 5.82 Å². The van der Waals surface area contributed by atoms with Crippen molar-refractivity contribution in [2.24, 2.45) is 5.92 Å². The molecule has 1 unspecified atom stereocenters. The van der Waals surface area contributed by atoms with Gasteiger partial charge >= 0.3 is 0 Å². The summed E-state index contributed by atoms with van der Waals surface area (Å²) in [5.41, 5.74) is 1.78. The smallest absolute Gasteiger partial charge is 0.222 e. The highest BCUT2D eigenvalue weighted by Gasteiger charge is 2.07. The predicted molar refractivity (Wildman–Crippen MR) is 127 cm³/mol. The molecule has 0 aliphatic heterocycles. The van der Waals surface area contributed by atoms with Gasteiger partial charge in [-0.05, 0) is 18.4 Å². The third-order valence-corrected chi connectivity index (χ3v) is 4.93. The summed E-state index contributed by atoms with van der Waals surface area (Å²) >= 11 is 0. The number of ether oxygens (including phenoxy) is 2. The highest BCUT2D eigenvalue weighted by molar-refractivity contribution is 5.76. The number of hydrogen-bond donors (Lipinski definition) is 2. The van der Waals surface area contributed by atoms with E-state index in [1.807, 2.05) is 24.3 Å². The molecule has 33 heavy (non-hydrogen) atoms. The molecule has 1 aromatic carbocycles. The van der Waals surface area contributed by atoms with Crippen LogP contribution in [0, 0.1) is 12.8 Å². The highest BCUT2D eigenvalue weighted by Crippen LogP contribution is 2.14. The number of hydrogen-bond acceptors (Lipinski definition) is 8. The predicted octanol–water partition coefficient (Wildman–Crippen LogP) is 2.33. The van der Waals surface area contributed by atoms with Crippen LogP contribution >= 0.6 is 0 Å². The average Bonchev–Trinajstić information content (AvgIpc) is 2.82. The lowest BCUT2D eigenvalue weighted by Crippen LogP contribution is -2.28. The zero-order chi connectivity index (χ0) is 23.9. The Balaban J connectivity index is 0.00000578. The van der Waals surface area contributed by atoms with Gasteiger partial charge in [-0.25, -0.2) is 0 Å². The van der Waals surface area contributed by atoms with E-state index in [0.29, 0.717) is 63.5 Å². The second-order valence-electron chi connectivity index (χ2n) is 7.79. The van der Waals surface area contributed by atoms with Gasteiger partial charge in [0.1, 0.15) is 0 Å². The monoisotopic (exact) mass is 462 g/mol. The second-order valence-corrected chi connectivity index (χ2v) is 7.79. The lowest BCUT2D eigenvalue weighted by atomic mass is 10.1. The Hall–Kier alpha value is -2.98. The van der Waals surface area contributed by atoms with Crippen molar-refractivity contribution in [1.29, 1.82) is 0 Å². The minimum atomic E-state index is -0.0840. The van der Waals surface area contributed by atoms with Crippen molar-refractivity contribution in [2.75, 3.05) is 33.0 Å². The van der Waals surface area contributed by atoms with Crippen LogP contribution in [0.4, 0.5) is 0 Å². The molecule has 0 fully saturated rings. The third-order valence-electron chi connectivity index (χ3n) is 4.93. The SMILES string of the molecule is CCC(C)CC(=O)NCCOCCOCCC(=O)NCc1ccc(-c2nnc(C)nn2)cc1.[HH].[HH]. The number of benzene rings is 1. The molecule has 0 saturated heterocycles. The number of carbonyl (C=O) groups is 2. The van der Waals surface area contributed by atoms with Gasteiger partial charge < -0.3 is 20.1 Å². The van der Waals surface area contributed by atoms with E-state index in [9.17, 15) is 9.59 Å². The van der Waals surface area contributed by atoms with Crippen LogP contribution in [0.15, 0.2) is 24.3 Å². The quantitative estimate of drug-likeness (QED) is 0.386. The van der Waals surface area contributed by atoms with E-state index in [1.165, 1.54) is 0 Å². The number of nitrogens with zero attached hydrogens (tertiary/aromatic N) is 4. The first-order valence-corrected chi connectivity index (χ1v) is 11.3. The lowest BCUT2D eigenvalue weighted by Gasteiger charge is -2.10. The largest absolute Gasteiger partial charge is 0.379 e. The number of carbonyl (C=O) groups excluding carboxylic acids is 2. The van der Waals surface area contributed by atoms with Gasteiger partial charge in [0, 0.05) is 34.3 Å². The van der Waals surface area contributed by atoms with Gasteiger partial charge in [0.2, 0.25) is 17.6 Å². The molecule has 2 amide bonds. The molecule has 2 aromatic rings. The Morgan fingerprint density at radius 1 is 0.939 bits per heavy atom. The maximum Gasteiger partial charge on any atom is 0.222 e. The minimum absolute atomic E-state index is 0. The third kappa shape index (κ3) is 10.9. The molecular formula is C23H38N6O4. The molecule has 10 nitrogen and oxygen atoms in total. The molecule has 10 heteroatoms. The zero-order valence-electron chi connectivity index (χ0n) is 19.7. The van der Waals surface area contributed by atoms with E-state index in [-0.39, 0.29) is 21.1 Å². The fourth-order valence-electron chi connectivity index (χ4n) is 2.74. The van der Waals surface area contributed by atoms with Crippen LogP contribution in [0.3, 0.4) is 0 Å². The van der Waals surface area contributed by atoms with Crippen molar-refractivity contribution < 1.29 is 21.9 Å². The van der Waals surface area contributed by atoms with E-state index >= 15 is 0 Å². The number of amides is 2. The molecule has 0 aliphatic rings. The van der Waals surface area contributed by atoms with Gasteiger partial charge in [-0.2, -0.15) is 0 Å². The van der Waals surface area contributed by atoms with Crippen molar-refractivity contribution in [2.45, 2.75) is 46.6 Å². The van der Waals surface area contributed by atoms with Crippen molar-refractivity contribution in [3.8, 4) is 11.4 Å². The Kier molecular flexibility index (Phi) is 11.9. The normalized spacial score (nSPS) is 11.7. The standard InChI is InChI=1S/C23H34N6O4.2H2/c1-4-17(2)15-22(31)24-10-12-33-14-13-32-11-9-21(30)25-16-19-5-7-20(8-6-19)23-28-26-18(3)27-29-23;;/h5-8,17H,4,9-16H2,1-3H3,(H,24,31)(H,25,30);2*1H. The first-order valence-electron chi connectivity index (χ1n) is 11.3. The average molecular weight is 463 g/mol. The molecule has 0 radical (unpaired) electrons. The van der Waals surface area contributed by atoms with Crippen LogP contribution in [0.2, 0.25) is 0 Å². The first-order chi connectivity index (χ1) is 16.0. The summed E-state index contributed by atoms with van der Waals surface area (Å²) in [5.74, 6) is 1.35. The van der Waals surface area contributed by atoms with Crippen LogP contribution in [-0.2, 0) is 25.6 Å². The van der Waals surface area contributed by atoms with Crippen molar-refractivity contribution >= 4 is 11.8 Å². The molecule has 2 rings (SSSR count). The van der Waals surface area contributed by atoms with E-state index in [2.05, 4.69) is 44.9 Å². The second kappa shape index (κ2) is 15.0. The molecular weight excluding hydrogens is 424 g/mol. The van der Waals surface area contributed by atoms with E-state index in [0.717, 1.165) is 17.5 Å². The summed E-state index contributed by atoms with van der Waals surface area (Å²) in [5, 5.41) is 21.5. The number of rotatable bonds is 15. The van der Waals surface area contributed by atoms with Crippen LogP contribution in [0.25, 0.3) is 11.4 Å². The molecule has 0 saturated carbocycles. The summed E-state index contributed by atoms with van der Waals surface area (Å²) in [4.78, 5) is 23.6. The Labute approximate surface area is 197 Å². The van der Waals surface area contributed by atoms with Crippen molar-refractivity contribution in [3.05, 3.63) is 35.7 Å². The molecule has 184 valence electrons. The van der Waals surface area contributed by atoms with E-state index in [4.69, 9.17) is 9.47 Å². The van der Waals surface area contributed by atoms with Gasteiger partial charge in [0.25, 0.3) is 0 Å². The van der Waals surface area contributed by atoms with Crippen molar-refractivity contribution in [1.82, 2.24) is 31.0 Å². The van der Waals surface area contributed by atoms with Crippen LogP contribution in [-0.4, -0.2) is 65.2 Å². The summed E-state index contributed by atoms with van der Waals surface area (Å²) in [6.45, 7) is 8.37. The molecule has 0 spiro atoms. The topological polar surface area (TPSA) is 128 Å². The molecule has 0 bridgehead atoms. The van der Waals surface area contributed by atoms with E-state index < -0.39 is 0 Å². The number of aromatic nitrogens is 4. The molecule has 2 N–H and O–H groups in total. The van der Waals surface area contributed by atoms with Gasteiger partial charge in [0.05, 0.1) is 26.4 Å². The van der Waals surface area contributed by atoms with Gasteiger partial charge in [-0.15, -0.1) is 20.4 Å². The first kappa shape index (κ1) is 26.3. The number of nitrogens with one attached hydrogen (secondary N) is 2. The Morgan fingerprint density at radius 3 is 2.27 bits per heavy atom. The molecule has 1 heterocycles. The van der Waals surface area contributed by atoms with E-state index in [1.54, 1.807) is 6.92 Å². The fraction of sp³-hybridized carbons (Fsp3) is 0.565. The van der Waals surface area contributed by atoms with Gasteiger partial charge in [-0.3, -0.25) is 9.59 Å². The summed E-state index contributed by atoms with van der Waals surface area (Å²) in [7, 11) is 0. The van der Waals surface area contributed by atoms with Gasteiger partial charge in [-0.1, -0.05) is 44.5 Å². The maximum atomic E-state index is 12.0. The van der Waals surface area contributed by atoms with Crippen LogP contribution in [0.1, 0.15) is 47.4 Å². The summed E-state index contributed by atoms with van der Waals surface area (Å²) in [6, 6.07) is 7.55. The highest BCUT2D eigenvalue weighted by atomic mass is 16.5. The zero-order valence-corrected chi connectivity index (χ0v) is 19.7. The molecule has 1 aromatic heterocycles. The minimum Gasteiger partial charge on any atom is -0.379 e. The van der Waals surface area contributed by atoms with Crippen molar-refractivity contribution in [3.63, 3.8) is 0 Å². The summed E-state index contributed by atoms with van der Waals surface area (Å²) in [6.07, 6.45) is 1.82. The lowest BCUT2D eigenvalue weighted by molar-refractivity contribution is -0.122.